The Morgan fingerprint density at radius 2 is 2.26 bits per heavy atom. The lowest BCUT2D eigenvalue weighted by Crippen LogP contribution is -2.33. The third kappa shape index (κ3) is 3.89. The van der Waals surface area contributed by atoms with Crippen molar-refractivity contribution in [2.24, 2.45) is 0 Å². The van der Waals surface area contributed by atoms with Gasteiger partial charge in [-0.25, -0.2) is 14.8 Å². The van der Waals surface area contributed by atoms with Gasteiger partial charge < -0.3 is 15.0 Å². The van der Waals surface area contributed by atoms with Gasteiger partial charge in [0.25, 0.3) is 0 Å². The Hall–Kier alpha value is -1.69. The van der Waals surface area contributed by atoms with E-state index in [-0.39, 0.29) is 11.9 Å². The lowest BCUT2D eigenvalue weighted by Gasteiger charge is -2.21. The number of nitrogens with zero attached hydrogens (tertiary/aromatic N) is 3. The molecule has 1 unspecified atom stereocenters. The SMILES string of the molecule is COC(=O)c1nccc(NC(C)CN2CCCC2)n1. The fraction of sp³-hybridized carbons (Fsp3) is 0.615. The molecule has 0 saturated carbocycles. The number of rotatable bonds is 5. The van der Waals surface area contributed by atoms with E-state index in [0.29, 0.717) is 5.82 Å². The van der Waals surface area contributed by atoms with Gasteiger partial charge in [0.2, 0.25) is 5.82 Å². The Morgan fingerprint density at radius 1 is 1.53 bits per heavy atom. The Bertz CT molecular complexity index is 432. The summed E-state index contributed by atoms with van der Waals surface area (Å²) in [6.45, 7) is 5.43. The van der Waals surface area contributed by atoms with E-state index < -0.39 is 5.97 Å². The van der Waals surface area contributed by atoms with E-state index in [1.807, 2.05) is 0 Å². The first-order valence-electron chi connectivity index (χ1n) is 6.59. The van der Waals surface area contributed by atoms with Crippen LogP contribution in [0.3, 0.4) is 0 Å². The van der Waals surface area contributed by atoms with Gasteiger partial charge in [0.1, 0.15) is 5.82 Å². The molecule has 0 aliphatic carbocycles. The van der Waals surface area contributed by atoms with Crippen molar-refractivity contribution >= 4 is 11.8 Å². The maximum Gasteiger partial charge on any atom is 0.376 e. The molecule has 1 atom stereocenters. The van der Waals surface area contributed by atoms with Crippen LogP contribution in [0, 0.1) is 0 Å². The number of hydrogen-bond donors (Lipinski definition) is 1. The maximum atomic E-state index is 11.3. The van der Waals surface area contributed by atoms with Crippen LogP contribution in [0.2, 0.25) is 0 Å². The van der Waals surface area contributed by atoms with Gasteiger partial charge in [-0.3, -0.25) is 0 Å². The van der Waals surface area contributed by atoms with Crippen molar-refractivity contribution in [1.29, 1.82) is 0 Å². The van der Waals surface area contributed by atoms with Gasteiger partial charge in [0, 0.05) is 18.8 Å². The van der Waals surface area contributed by atoms with Crippen LogP contribution in [0.15, 0.2) is 12.3 Å². The molecule has 1 aliphatic heterocycles. The van der Waals surface area contributed by atoms with Crippen molar-refractivity contribution in [3.63, 3.8) is 0 Å². The molecule has 1 fully saturated rings. The number of nitrogens with one attached hydrogen (secondary N) is 1. The summed E-state index contributed by atoms with van der Waals surface area (Å²) in [5, 5.41) is 3.29. The minimum absolute atomic E-state index is 0.0841. The van der Waals surface area contributed by atoms with Gasteiger partial charge in [-0.05, 0) is 38.9 Å². The van der Waals surface area contributed by atoms with Crippen LogP contribution in [0.5, 0.6) is 0 Å². The average Bonchev–Trinajstić information content (AvgIpc) is 2.90. The number of carbonyl (C=O) groups excluding carboxylic acids is 1. The molecule has 0 aromatic carbocycles. The Balaban J connectivity index is 1.92. The van der Waals surface area contributed by atoms with Crippen molar-refractivity contribution in [3.05, 3.63) is 18.1 Å². The standard InChI is InChI=1S/C13H20N4O2/c1-10(9-17-7-3-4-8-17)15-11-5-6-14-12(16-11)13(18)19-2/h5-6,10H,3-4,7-9H2,1-2H3,(H,14,15,16). The van der Waals surface area contributed by atoms with Gasteiger partial charge in [-0.1, -0.05) is 0 Å². The Morgan fingerprint density at radius 3 is 2.95 bits per heavy atom. The van der Waals surface area contributed by atoms with E-state index in [1.165, 1.54) is 33.0 Å². The van der Waals surface area contributed by atoms with Gasteiger partial charge in [-0.2, -0.15) is 0 Å². The zero-order chi connectivity index (χ0) is 13.7. The molecule has 2 rings (SSSR count). The van der Waals surface area contributed by atoms with Crippen LogP contribution in [-0.2, 0) is 4.74 Å². The average molecular weight is 264 g/mol. The zero-order valence-corrected chi connectivity index (χ0v) is 11.4. The highest BCUT2D eigenvalue weighted by Crippen LogP contribution is 2.10. The number of anilines is 1. The number of aromatic nitrogens is 2. The van der Waals surface area contributed by atoms with Crippen LogP contribution < -0.4 is 5.32 Å². The fourth-order valence-corrected chi connectivity index (χ4v) is 2.28. The molecule has 1 aromatic heterocycles. The predicted molar refractivity (Wildman–Crippen MR) is 72.1 cm³/mol. The second-order valence-corrected chi connectivity index (χ2v) is 4.81. The molecule has 6 nitrogen and oxygen atoms in total. The van der Waals surface area contributed by atoms with Crippen molar-refractivity contribution < 1.29 is 9.53 Å². The van der Waals surface area contributed by atoms with E-state index in [1.54, 1.807) is 12.3 Å². The van der Waals surface area contributed by atoms with Crippen molar-refractivity contribution in [1.82, 2.24) is 14.9 Å². The lowest BCUT2D eigenvalue weighted by atomic mass is 10.3. The monoisotopic (exact) mass is 264 g/mol. The summed E-state index contributed by atoms with van der Waals surface area (Å²) >= 11 is 0. The Kier molecular flexibility index (Phi) is 4.68. The number of hydrogen-bond acceptors (Lipinski definition) is 6. The summed E-state index contributed by atoms with van der Waals surface area (Å²) in [6.07, 6.45) is 4.13. The molecule has 0 amide bonds. The van der Waals surface area contributed by atoms with Crippen LogP contribution in [0.1, 0.15) is 30.4 Å². The van der Waals surface area contributed by atoms with E-state index in [9.17, 15) is 4.79 Å². The van der Waals surface area contributed by atoms with Crippen LogP contribution in [0.4, 0.5) is 5.82 Å². The molecule has 6 heteroatoms. The summed E-state index contributed by atoms with van der Waals surface area (Å²) < 4.78 is 4.60. The van der Waals surface area contributed by atoms with E-state index in [2.05, 4.69) is 31.8 Å². The molecule has 0 radical (unpaired) electrons. The summed E-state index contributed by atoms with van der Waals surface area (Å²) in [4.78, 5) is 21.8. The molecule has 1 aliphatic rings. The number of ether oxygens (including phenoxy) is 1. The first-order valence-corrected chi connectivity index (χ1v) is 6.59. The van der Waals surface area contributed by atoms with E-state index in [4.69, 9.17) is 0 Å². The van der Waals surface area contributed by atoms with Crippen LogP contribution in [-0.4, -0.2) is 53.6 Å². The summed E-state index contributed by atoms with van der Waals surface area (Å²) in [7, 11) is 1.32. The minimum Gasteiger partial charge on any atom is -0.463 e. The molecule has 1 aromatic rings. The van der Waals surface area contributed by atoms with Crippen molar-refractivity contribution in [3.8, 4) is 0 Å². The molecule has 1 N–H and O–H groups in total. The first kappa shape index (κ1) is 13.7. The minimum atomic E-state index is -0.518. The summed E-state index contributed by atoms with van der Waals surface area (Å²) in [5.74, 6) is 0.221. The van der Waals surface area contributed by atoms with Gasteiger partial charge in [-0.15, -0.1) is 0 Å². The number of esters is 1. The summed E-state index contributed by atoms with van der Waals surface area (Å²) in [5.41, 5.74) is 0. The molecule has 1 saturated heterocycles. The number of carbonyl (C=O) groups is 1. The Labute approximate surface area is 113 Å². The van der Waals surface area contributed by atoms with E-state index >= 15 is 0 Å². The maximum absolute atomic E-state index is 11.3. The smallest absolute Gasteiger partial charge is 0.376 e. The highest BCUT2D eigenvalue weighted by molar-refractivity contribution is 5.85. The quantitative estimate of drug-likeness (QED) is 0.805. The zero-order valence-electron chi connectivity index (χ0n) is 11.4. The highest BCUT2D eigenvalue weighted by Gasteiger charge is 2.15. The van der Waals surface area contributed by atoms with Gasteiger partial charge in [0.15, 0.2) is 0 Å². The van der Waals surface area contributed by atoms with Gasteiger partial charge in [0.05, 0.1) is 7.11 Å². The highest BCUT2D eigenvalue weighted by atomic mass is 16.5. The van der Waals surface area contributed by atoms with E-state index in [0.717, 1.165) is 6.54 Å². The lowest BCUT2D eigenvalue weighted by molar-refractivity contribution is 0.0587. The largest absolute Gasteiger partial charge is 0.463 e. The number of likely N-dealkylation sites (tertiary alicyclic amines) is 1. The summed E-state index contributed by atoms with van der Waals surface area (Å²) in [6, 6.07) is 2.03. The molecular weight excluding hydrogens is 244 g/mol. The molecule has 0 spiro atoms. The number of methoxy groups -OCH3 is 1. The first-order chi connectivity index (χ1) is 9.19. The van der Waals surface area contributed by atoms with Crippen molar-refractivity contribution in [2.75, 3.05) is 32.1 Å². The van der Waals surface area contributed by atoms with Crippen molar-refractivity contribution in [2.45, 2.75) is 25.8 Å². The third-order valence-corrected chi connectivity index (χ3v) is 3.15. The second kappa shape index (κ2) is 6.47. The van der Waals surface area contributed by atoms with Crippen LogP contribution in [0.25, 0.3) is 0 Å². The van der Waals surface area contributed by atoms with Gasteiger partial charge >= 0.3 is 5.97 Å². The molecular formula is C13H20N4O2. The molecule has 2 heterocycles. The molecule has 104 valence electrons. The molecule has 19 heavy (non-hydrogen) atoms. The normalized spacial score (nSPS) is 17.2. The topological polar surface area (TPSA) is 67.3 Å². The second-order valence-electron chi connectivity index (χ2n) is 4.81. The fourth-order valence-electron chi connectivity index (χ4n) is 2.28. The predicted octanol–water partition coefficient (Wildman–Crippen LogP) is 1.16. The van der Waals surface area contributed by atoms with Crippen LogP contribution >= 0.6 is 0 Å². The molecule has 0 bridgehead atoms. The third-order valence-electron chi connectivity index (χ3n) is 3.15.